The molecule has 1 aliphatic heterocycles. The lowest BCUT2D eigenvalue weighted by Crippen LogP contribution is -2.51. The fourth-order valence-corrected chi connectivity index (χ4v) is 2.73. The van der Waals surface area contributed by atoms with E-state index >= 15 is 0 Å². The van der Waals surface area contributed by atoms with Crippen LogP contribution in [0.2, 0.25) is 0 Å². The highest BCUT2D eigenvalue weighted by Crippen LogP contribution is 2.28. The van der Waals surface area contributed by atoms with Gasteiger partial charge in [-0.2, -0.15) is 5.26 Å². The maximum absolute atomic E-state index is 9.34. The van der Waals surface area contributed by atoms with Crippen molar-refractivity contribution in [2.75, 3.05) is 13.2 Å². The second-order valence-corrected chi connectivity index (χ2v) is 5.00. The van der Waals surface area contributed by atoms with Crippen LogP contribution in [-0.4, -0.2) is 24.8 Å². The van der Waals surface area contributed by atoms with E-state index < -0.39 is 0 Å². The summed E-state index contributed by atoms with van der Waals surface area (Å²) in [4.78, 5) is 0. The van der Waals surface area contributed by atoms with Crippen LogP contribution in [0.3, 0.4) is 0 Å². The first-order valence-electron chi connectivity index (χ1n) is 6.01. The second kappa shape index (κ2) is 4.51. The lowest BCUT2D eigenvalue weighted by atomic mass is 9.85. The van der Waals surface area contributed by atoms with Gasteiger partial charge in [-0.3, -0.25) is 5.32 Å². The van der Waals surface area contributed by atoms with Crippen LogP contribution in [0, 0.1) is 17.2 Å². The summed E-state index contributed by atoms with van der Waals surface area (Å²) in [6.45, 7) is 3.59. The molecule has 3 nitrogen and oxygen atoms in total. The molecule has 2 aliphatic rings. The molecule has 2 rings (SSSR count). The van der Waals surface area contributed by atoms with Crippen LogP contribution in [0.25, 0.3) is 0 Å². The van der Waals surface area contributed by atoms with Gasteiger partial charge in [0.1, 0.15) is 5.54 Å². The molecule has 1 heterocycles. The van der Waals surface area contributed by atoms with Crippen LogP contribution in [0.5, 0.6) is 0 Å². The Morgan fingerprint density at radius 3 is 2.60 bits per heavy atom. The molecule has 0 bridgehead atoms. The third kappa shape index (κ3) is 2.32. The van der Waals surface area contributed by atoms with Gasteiger partial charge in [-0.05, 0) is 26.2 Å². The summed E-state index contributed by atoms with van der Waals surface area (Å²) in [5.74, 6) is 0.364. The summed E-state index contributed by atoms with van der Waals surface area (Å²) in [7, 11) is 0. The summed E-state index contributed by atoms with van der Waals surface area (Å²) in [6, 6.07) is 3.01. The number of nitrogens with zero attached hydrogens (tertiary/aromatic N) is 1. The van der Waals surface area contributed by atoms with Crippen LogP contribution in [0.4, 0.5) is 0 Å². The minimum Gasteiger partial charge on any atom is -0.381 e. The van der Waals surface area contributed by atoms with E-state index in [1.807, 2.05) is 6.92 Å². The van der Waals surface area contributed by atoms with E-state index in [4.69, 9.17) is 4.74 Å². The van der Waals surface area contributed by atoms with Gasteiger partial charge >= 0.3 is 0 Å². The average Bonchev–Trinajstić information content (AvgIpc) is 2.89. The molecule has 0 aromatic carbocycles. The maximum Gasteiger partial charge on any atom is 0.109 e. The number of hydrogen-bond acceptors (Lipinski definition) is 3. The van der Waals surface area contributed by atoms with Gasteiger partial charge in [-0.15, -0.1) is 0 Å². The zero-order valence-electron chi connectivity index (χ0n) is 9.46. The molecule has 2 unspecified atom stereocenters. The van der Waals surface area contributed by atoms with Crippen LogP contribution in [-0.2, 0) is 4.74 Å². The summed E-state index contributed by atoms with van der Waals surface area (Å²) in [5.41, 5.74) is -0.383. The molecule has 3 heteroatoms. The zero-order valence-corrected chi connectivity index (χ0v) is 9.46. The number of hydrogen-bond donors (Lipinski definition) is 1. The van der Waals surface area contributed by atoms with Gasteiger partial charge in [0.25, 0.3) is 0 Å². The Balaban J connectivity index is 1.97. The molecule has 1 aliphatic carbocycles. The standard InChI is InChI=1S/C12H20N2O/c1-12(9-13,10-6-7-15-8-10)14-11-4-2-3-5-11/h10-11,14H,2-8H2,1H3. The Hall–Kier alpha value is -0.590. The van der Waals surface area contributed by atoms with E-state index in [1.165, 1.54) is 25.7 Å². The summed E-state index contributed by atoms with van der Waals surface area (Å²) < 4.78 is 5.38. The lowest BCUT2D eigenvalue weighted by molar-refractivity contribution is 0.164. The Morgan fingerprint density at radius 1 is 1.33 bits per heavy atom. The van der Waals surface area contributed by atoms with Crippen molar-refractivity contribution in [1.82, 2.24) is 5.32 Å². The van der Waals surface area contributed by atoms with Gasteiger partial charge in [0.2, 0.25) is 0 Å². The fourth-order valence-electron chi connectivity index (χ4n) is 2.73. The fraction of sp³-hybridized carbons (Fsp3) is 0.917. The van der Waals surface area contributed by atoms with E-state index in [9.17, 15) is 5.26 Å². The highest BCUT2D eigenvalue weighted by molar-refractivity contribution is 5.10. The Kier molecular flexibility index (Phi) is 3.28. The largest absolute Gasteiger partial charge is 0.381 e. The van der Waals surface area contributed by atoms with E-state index in [2.05, 4.69) is 11.4 Å². The smallest absolute Gasteiger partial charge is 0.109 e. The van der Waals surface area contributed by atoms with Crippen molar-refractivity contribution >= 4 is 0 Å². The molecule has 0 radical (unpaired) electrons. The van der Waals surface area contributed by atoms with Crippen molar-refractivity contribution in [3.05, 3.63) is 0 Å². The monoisotopic (exact) mass is 208 g/mol. The van der Waals surface area contributed by atoms with Gasteiger partial charge < -0.3 is 4.74 Å². The highest BCUT2D eigenvalue weighted by atomic mass is 16.5. The Morgan fingerprint density at radius 2 is 2.07 bits per heavy atom. The van der Waals surface area contributed by atoms with E-state index in [-0.39, 0.29) is 5.54 Å². The highest BCUT2D eigenvalue weighted by Gasteiger charge is 2.38. The molecular weight excluding hydrogens is 188 g/mol. The first kappa shape index (κ1) is 10.9. The number of nitrogens with one attached hydrogen (secondary N) is 1. The third-order valence-electron chi connectivity index (χ3n) is 3.84. The number of nitriles is 1. The third-order valence-corrected chi connectivity index (χ3v) is 3.84. The normalized spacial score (nSPS) is 31.3. The Labute approximate surface area is 91.8 Å². The van der Waals surface area contributed by atoms with E-state index in [0.717, 1.165) is 19.6 Å². The lowest BCUT2D eigenvalue weighted by Gasteiger charge is -2.32. The minimum absolute atomic E-state index is 0.364. The maximum atomic E-state index is 9.34. The van der Waals surface area contributed by atoms with Crippen molar-refractivity contribution in [1.29, 1.82) is 5.26 Å². The van der Waals surface area contributed by atoms with Gasteiger partial charge in [0.15, 0.2) is 0 Å². The quantitative estimate of drug-likeness (QED) is 0.769. The average molecular weight is 208 g/mol. The first-order valence-corrected chi connectivity index (χ1v) is 6.01. The van der Waals surface area contributed by atoms with Gasteiger partial charge in [0.05, 0.1) is 12.7 Å². The number of rotatable bonds is 3. The molecule has 0 amide bonds. The summed E-state index contributed by atoms with van der Waals surface area (Å²) >= 11 is 0. The van der Waals surface area contributed by atoms with Gasteiger partial charge in [-0.25, -0.2) is 0 Å². The SMILES string of the molecule is CC(C#N)(NC1CCCC1)C1CCOC1. The minimum atomic E-state index is -0.383. The molecule has 0 aromatic rings. The van der Waals surface area contributed by atoms with E-state index in [1.54, 1.807) is 0 Å². The first-order chi connectivity index (χ1) is 7.24. The molecule has 1 saturated heterocycles. The molecular formula is C12H20N2O. The summed E-state index contributed by atoms with van der Waals surface area (Å²) in [5, 5.41) is 12.9. The molecule has 15 heavy (non-hydrogen) atoms. The Bertz CT molecular complexity index is 249. The molecule has 1 saturated carbocycles. The van der Waals surface area contributed by atoms with Crippen LogP contribution >= 0.6 is 0 Å². The van der Waals surface area contributed by atoms with Crippen LogP contribution in [0.1, 0.15) is 39.0 Å². The molecule has 0 aromatic heterocycles. The van der Waals surface area contributed by atoms with Crippen molar-refractivity contribution < 1.29 is 4.74 Å². The van der Waals surface area contributed by atoms with Crippen molar-refractivity contribution in [3.63, 3.8) is 0 Å². The van der Waals surface area contributed by atoms with Crippen molar-refractivity contribution in [3.8, 4) is 6.07 Å². The second-order valence-electron chi connectivity index (χ2n) is 5.00. The molecule has 2 fully saturated rings. The molecule has 84 valence electrons. The van der Waals surface area contributed by atoms with Crippen molar-refractivity contribution in [2.24, 2.45) is 5.92 Å². The number of ether oxygens (including phenoxy) is 1. The van der Waals surface area contributed by atoms with Gasteiger partial charge in [0, 0.05) is 18.6 Å². The van der Waals surface area contributed by atoms with Crippen LogP contribution < -0.4 is 5.32 Å². The van der Waals surface area contributed by atoms with E-state index in [0.29, 0.717) is 12.0 Å². The zero-order chi connectivity index (χ0) is 10.7. The van der Waals surface area contributed by atoms with Gasteiger partial charge in [-0.1, -0.05) is 12.8 Å². The topological polar surface area (TPSA) is 45.0 Å². The van der Waals surface area contributed by atoms with Crippen molar-refractivity contribution in [2.45, 2.75) is 50.6 Å². The molecule has 2 atom stereocenters. The predicted octanol–water partition coefficient (Wildman–Crippen LogP) is 1.84. The molecule has 0 spiro atoms. The predicted molar refractivity (Wildman–Crippen MR) is 58.3 cm³/mol. The molecule has 1 N–H and O–H groups in total. The van der Waals surface area contributed by atoms with Crippen LogP contribution in [0.15, 0.2) is 0 Å². The summed E-state index contributed by atoms with van der Waals surface area (Å²) in [6.07, 6.45) is 6.08.